The minimum Gasteiger partial charge on any atom is -0.303 e. The van der Waals surface area contributed by atoms with Crippen molar-refractivity contribution < 1.29 is 14.4 Å². The average molecular weight is 288 g/mol. The van der Waals surface area contributed by atoms with E-state index < -0.39 is 0 Å². The monoisotopic (exact) mass is 288 g/mol. The van der Waals surface area contributed by atoms with E-state index in [4.69, 9.17) is 0 Å². The Hall–Kier alpha value is -2.01. The largest absolute Gasteiger partial charge is 0.303 e. The first-order valence-electron chi connectivity index (χ1n) is 7.27. The average Bonchev–Trinajstić information content (AvgIpc) is 2.74. The number of hydrogen-bond donors (Lipinski definition) is 0. The lowest BCUT2D eigenvalue weighted by molar-refractivity contribution is -0.119. The minimum absolute atomic E-state index is 0.0867. The fourth-order valence-electron chi connectivity index (χ4n) is 2.46. The lowest BCUT2D eigenvalue weighted by atomic mass is 10.1. The maximum Gasteiger partial charge on any atom is 0.261 e. The topological polar surface area (TPSA) is 57.7 Å². The van der Waals surface area contributed by atoms with Crippen LogP contribution in [0.1, 0.15) is 41.0 Å². The summed E-state index contributed by atoms with van der Waals surface area (Å²) in [7, 11) is 0. The Bertz CT molecular complexity index is 529. The molecule has 0 unspecified atom stereocenters. The first-order chi connectivity index (χ1) is 10.1. The number of carbonyl (C=O) groups is 3. The van der Waals surface area contributed by atoms with Crippen molar-refractivity contribution in [3.8, 4) is 0 Å². The molecule has 5 heteroatoms. The molecule has 0 N–H and O–H groups in total. The van der Waals surface area contributed by atoms with Crippen LogP contribution in [0.5, 0.6) is 0 Å². The van der Waals surface area contributed by atoms with Gasteiger partial charge in [-0.2, -0.15) is 0 Å². The van der Waals surface area contributed by atoms with Gasteiger partial charge in [0.2, 0.25) is 0 Å². The van der Waals surface area contributed by atoms with Crippen LogP contribution in [0.2, 0.25) is 0 Å². The second-order valence-electron chi connectivity index (χ2n) is 5.06. The zero-order chi connectivity index (χ0) is 15.4. The zero-order valence-electron chi connectivity index (χ0n) is 12.5. The molecule has 0 saturated heterocycles. The molecule has 0 aromatic heterocycles. The third kappa shape index (κ3) is 3.19. The van der Waals surface area contributed by atoms with E-state index in [1.54, 1.807) is 24.3 Å². The molecule has 1 aliphatic heterocycles. The van der Waals surface area contributed by atoms with E-state index in [0.29, 0.717) is 24.1 Å². The van der Waals surface area contributed by atoms with Gasteiger partial charge in [0.05, 0.1) is 17.7 Å². The fourth-order valence-corrected chi connectivity index (χ4v) is 2.46. The van der Waals surface area contributed by atoms with Gasteiger partial charge in [-0.05, 0) is 25.2 Å². The maximum atomic E-state index is 12.1. The van der Waals surface area contributed by atoms with Crippen molar-refractivity contribution in [2.75, 3.05) is 26.2 Å². The van der Waals surface area contributed by atoms with Crippen LogP contribution >= 0.6 is 0 Å². The highest BCUT2D eigenvalue weighted by molar-refractivity contribution is 6.22. The summed E-state index contributed by atoms with van der Waals surface area (Å²) in [4.78, 5) is 39.5. The van der Waals surface area contributed by atoms with E-state index in [9.17, 15) is 14.4 Å². The number of rotatable bonds is 7. The minimum atomic E-state index is -0.369. The molecule has 5 nitrogen and oxygen atoms in total. The quantitative estimate of drug-likeness (QED) is 0.715. The number of hydrogen-bond acceptors (Lipinski definition) is 4. The normalized spacial score (nSPS) is 14.0. The van der Waals surface area contributed by atoms with Gasteiger partial charge in [0, 0.05) is 13.0 Å². The van der Waals surface area contributed by atoms with E-state index >= 15 is 0 Å². The van der Waals surface area contributed by atoms with Crippen LogP contribution in [0.3, 0.4) is 0 Å². The van der Waals surface area contributed by atoms with Gasteiger partial charge in [0.1, 0.15) is 0 Å². The van der Waals surface area contributed by atoms with Crippen molar-refractivity contribution in [3.63, 3.8) is 0 Å². The van der Waals surface area contributed by atoms with Crippen LogP contribution in [0.25, 0.3) is 0 Å². The molecular formula is C16H20N2O3. The molecule has 112 valence electrons. The van der Waals surface area contributed by atoms with Crippen LogP contribution in [-0.4, -0.2) is 53.6 Å². The van der Waals surface area contributed by atoms with Crippen molar-refractivity contribution in [2.24, 2.45) is 0 Å². The van der Waals surface area contributed by atoms with Crippen LogP contribution in [0.15, 0.2) is 24.3 Å². The number of carbonyl (C=O) groups excluding carboxylic acids is 3. The first-order valence-corrected chi connectivity index (χ1v) is 7.27. The number of benzene rings is 1. The van der Waals surface area contributed by atoms with E-state index in [0.717, 1.165) is 18.0 Å². The molecule has 0 aliphatic carbocycles. The summed E-state index contributed by atoms with van der Waals surface area (Å²) in [6, 6.07) is 6.68. The molecule has 0 atom stereocenters. The summed E-state index contributed by atoms with van der Waals surface area (Å²) in [6.45, 7) is 6.38. The van der Waals surface area contributed by atoms with Gasteiger partial charge in [-0.3, -0.25) is 19.3 Å². The highest BCUT2D eigenvalue weighted by Crippen LogP contribution is 2.22. The summed E-state index contributed by atoms with van der Waals surface area (Å²) >= 11 is 0. The summed E-state index contributed by atoms with van der Waals surface area (Å²) in [5, 5.41) is 0. The van der Waals surface area contributed by atoms with E-state index in [1.165, 1.54) is 0 Å². The second-order valence-corrected chi connectivity index (χ2v) is 5.06. The highest BCUT2D eigenvalue weighted by atomic mass is 16.2. The Labute approximate surface area is 124 Å². The van der Waals surface area contributed by atoms with Gasteiger partial charge in [-0.25, -0.2) is 0 Å². The molecule has 0 fully saturated rings. The number of nitrogens with zero attached hydrogens (tertiary/aromatic N) is 2. The summed E-state index contributed by atoms with van der Waals surface area (Å²) in [5.74, 6) is -0.824. The number of imide groups is 1. The molecule has 1 aromatic carbocycles. The van der Waals surface area contributed by atoms with E-state index in [-0.39, 0.29) is 24.1 Å². The molecular weight excluding hydrogens is 268 g/mol. The van der Waals surface area contributed by atoms with E-state index in [2.05, 4.69) is 4.90 Å². The van der Waals surface area contributed by atoms with Gasteiger partial charge in [-0.1, -0.05) is 26.0 Å². The first kappa shape index (κ1) is 15.4. The molecule has 0 saturated carbocycles. The Balaban J connectivity index is 1.97. The number of Topliss-reactive ketones (excluding diaryl/α,β-unsaturated/α-hetero) is 1. The van der Waals surface area contributed by atoms with Crippen molar-refractivity contribution in [2.45, 2.75) is 20.3 Å². The third-order valence-electron chi connectivity index (χ3n) is 3.81. The molecule has 21 heavy (non-hydrogen) atoms. The molecule has 0 spiro atoms. The van der Waals surface area contributed by atoms with Crippen LogP contribution in [0.4, 0.5) is 0 Å². The number of ketones is 1. The SMILES string of the molecule is CCN(CC)CCC(=O)CN1C(=O)c2ccccc2C1=O. The second kappa shape index (κ2) is 6.63. The summed E-state index contributed by atoms with van der Waals surface area (Å²) in [5.41, 5.74) is 0.776. The molecule has 1 aliphatic rings. The van der Waals surface area contributed by atoms with Crippen molar-refractivity contribution >= 4 is 17.6 Å². The molecule has 1 aromatic rings. The van der Waals surface area contributed by atoms with Gasteiger partial charge in [0.15, 0.2) is 5.78 Å². The molecule has 2 rings (SSSR count). The van der Waals surface area contributed by atoms with Crippen LogP contribution in [-0.2, 0) is 4.79 Å². The maximum absolute atomic E-state index is 12.1. The van der Waals surface area contributed by atoms with Crippen molar-refractivity contribution in [1.82, 2.24) is 9.80 Å². The third-order valence-corrected chi connectivity index (χ3v) is 3.81. The van der Waals surface area contributed by atoms with Gasteiger partial charge in [0.25, 0.3) is 11.8 Å². The predicted molar refractivity (Wildman–Crippen MR) is 79.2 cm³/mol. The molecule has 1 heterocycles. The number of amides is 2. The lowest BCUT2D eigenvalue weighted by Crippen LogP contribution is -2.36. The van der Waals surface area contributed by atoms with E-state index in [1.807, 2.05) is 13.8 Å². The highest BCUT2D eigenvalue weighted by Gasteiger charge is 2.35. The smallest absolute Gasteiger partial charge is 0.261 e. The Morgan fingerprint density at radius 2 is 1.57 bits per heavy atom. The van der Waals surface area contributed by atoms with Crippen LogP contribution < -0.4 is 0 Å². The standard InChI is InChI=1S/C16H20N2O3/c1-3-17(4-2)10-9-12(19)11-18-15(20)13-7-5-6-8-14(13)16(18)21/h5-8H,3-4,9-11H2,1-2H3. The fraction of sp³-hybridized carbons (Fsp3) is 0.438. The van der Waals surface area contributed by atoms with Crippen molar-refractivity contribution in [3.05, 3.63) is 35.4 Å². The Morgan fingerprint density at radius 3 is 2.05 bits per heavy atom. The Kier molecular flexibility index (Phi) is 4.85. The van der Waals surface area contributed by atoms with Gasteiger partial charge in [-0.15, -0.1) is 0 Å². The molecule has 0 bridgehead atoms. The number of fused-ring (bicyclic) bond motifs is 1. The van der Waals surface area contributed by atoms with Crippen LogP contribution in [0, 0.1) is 0 Å². The molecule has 0 radical (unpaired) electrons. The predicted octanol–water partition coefficient (Wildman–Crippen LogP) is 1.58. The zero-order valence-corrected chi connectivity index (χ0v) is 12.5. The van der Waals surface area contributed by atoms with Crippen molar-refractivity contribution in [1.29, 1.82) is 0 Å². The summed E-state index contributed by atoms with van der Waals surface area (Å²) in [6.07, 6.45) is 0.356. The molecule has 2 amide bonds. The van der Waals surface area contributed by atoms with Gasteiger partial charge < -0.3 is 4.90 Å². The van der Waals surface area contributed by atoms with Gasteiger partial charge >= 0.3 is 0 Å². The summed E-state index contributed by atoms with van der Waals surface area (Å²) < 4.78 is 0. The lowest BCUT2D eigenvalue weighted by Gasteiger charge is -2.18. The Morgan fingerprint density at radius 1 is 1.05 bits per heavy atom.